The number of carboxylic acid groups (broad SMARTS) is 1. The van der Waals surface area contributed by atoms with Gasteiger partial charge in [-0.25, -0.2) is 8.78 Å². The third-order valence-corrected chi connectivity index (χ3v) is 12.0. The van der Waals surface area contributed by atoms with Crippen LogP contribution in [0.1, 0.15) is 60.8 Å². The lowest BCUT2D eigenvalue weighted by molar-refractivity contribution is -0.142. The minimum atomic E-state index is -1.12. The normalized spacial score (nSPS) is 14.0. The smallest absolute Gasteiger partial charge is 0.303 e. The van der Waals surface area contributed by atoms with Gasteiger partial charge in [0, 0.05) is 108 Å². The van der Waals surface area contributed by atoms with Crippen LogP contribution in [-0.2, 0) is 30.5 Å². The fourth-order valence-corrected chi connectivity index (χ4v) is 8.16. The van der Waals surface area contributed by atoms with Gasteiger partial charge in [0.2, 0.25) is 5.91 Å². The number of carbonyl (C=O) groups is 4. The number of benzene rings is 4. The van der Waals surface area contributed by atoms with E-state index in [1.54, 1.807) is 30.3 Å². The Balaban J connectivity index is 0.000000225. The molecule has 0 aliphatic carbocycles. The van der Waals surface area contributed by atoms with Crippen molar-refractivity contribution in [2.45, 2.75) is 64.3 Å². The van der Waals surface area contributed by atoms with Crippen molar-refractivity contribution >= 4 is 69.7 Å². The summed E-state index contributed by atoms with van der Waals surface area (Å²) >= 11 is 13.5. The first-order valence-corrected chi connectivity index (χ1v) is 22.8. The van der Waals surface area contributed by atoms with E-state index in [-0.39, 0.29) is 67.3 Å². The van der Waals surface area contributed by atoms with Crippen molar-refractivity contribution < 1.29 is 61.9 Å². The number of nitrogens with zero attached hydrogens (tertiary/aromatic N) is 4. The number of aromatic nitrogens is 2. The largest absolute Gasteiger partial charge is 0.507 e. The summed E-state index contributed by atoms with van der Waals surface area (Å²) in [7, 11) is 1.45. The molecule has 3 heterocycles. The van der Waals surface area contributed by atoms with Gasteiger partial charge in [-0.15, -0.1) is 10.2 Å². The zero-order chi connectivity index (χ0) is 48.7. The Hall–Kier alpha value is -6.48. The Morgan fingerprint density at radius 3 is 1.88 bits per heavy atom. The number of carbonyl (C=O) groups excluding carboxylic acids is 3. The van der Waals surface area contributed by atoms with Crippen molar-refractivity contribution in [2.75, 3.05) is 49.9 Å². The van der Waals surface area contributed by atoms with Crippen molar-refractivity contribution in [1.82, 2.24) is 21.0 Å². The van der Waals surface area contributed by atoms with E-state index < -0.39 is 23.6 Å². The van der Waals surface area contributed by atoms with Gasteiger partial charge in [-0.05, 0) is 48.5 Å². The number of hydrogen-bond acceptors (Lipinski definition) is 15. The van der Waals surface area contributed by atoms with Crippen molar-refractivity contribution in [1.29, 1.82) is 0 Å². The molecule has 0 spiro atoms. The van der Waals surface area contributed by atoms with Gasteiger partial charge in [0.15, 0.2) is 16.8 Å². The number of anilines is 2. The number of phenols is 1. The number of aliphatic carboxylic acids is 1. The molecular weight excluding hydrogens is 954 g/mol. The van der Waals surface area contributed by atoms with Crippen molar-refractivity contribution in [3.8, 4) is 33.6 Å². The Morgan fingerprint density at radius 1 is 0.765 bits per heavy atom. The van der Waals surface area contributed by atoms with Gasteiger partial charge < -0.3 is 43.7 Å². The molecule has 2 amide bonds. The lowest BCUT2D eigenvalue weighted by Crippen LogP contribution is -2.42. The predicted octanol–water partition coefficient (Wildman–Crippen LogP) is 7.95. The number of carboxylic acids is 1. The Kier molecular flexibility index (Phi) is 18.4. The number of amides is 2. The number of rotatable bonds is 16. The second kappa shape index (κ2) is 24.5. The maximum absolute atomic E-state index is 13.5. The molecule has 0 saturated carbocycles. The third kappa shape index (κ3) is 14.8. The van der Waals surface area contributed by atoms with Crippen molar-refractivity contribution in [2.24, 2.45) is 0 Å². The van der Waals surface area contributed by atoms with E-state index in [0.29, 0.717) is 63.1 Å². The van der Waals surface area contributed by atoms with Gasteiger partial charge in [0.25, 0.3) is 5.91 Å². The van der Waals surface area contributed by atoms with Gasteiger partial charge >= 0.3 is 11.9 Å². The van der Waals surface area contributed by atoms with E-state index >= 15 is 0 Å². The molecule has 2 aliphatic rings. The molecule has 68 heavy (non-hydrogen) atoms. The summed E-state index contributed by atoms with van der Waals surface area (Å²) in [5.41, 5.74) is 6.87. The zero-order valence-corrected chi connectivity index (χ0v) is 39.2. The van der Waals surface area contributed by atoms with E-state index in [2.05, 4.69) is 30.8 Å². The minimum Gasteiger partial charge on any atom is -0.507 e. The first-order chi connectivity index (χ1) is 32.6. The second-order valence-electron chi connectivity index (χ2n) is 15.4. The van der Waals surface area contributed by atoms with Crippen LogP contribution < -0.4 is 34.9 Å². The topological polar surface area (TPSA) is 211 Å². The zero-order valence-electron chi connectivity index (χ0n) is 36.8. The van der Waals surface area contributed by atoms with Gasteiger partial charge in [0.1, 0.15) is 53.4 Å². The highest BCUT2D eigenvalue weighted by Crippen LogP contribution is 2.37. The van der Waals surface area contributed by atoms with Crippen LogP contribution in [0, 0.1) is 11.6 Å². The number of piperidine rings is 2. The molecule has 362 valence electrons. The molecule has 22 heteroatoms. The van der Waals surface area contributed by atoms with Gasteiger partial charge in [-0.1, -0.05) is 34.5 Å². The van der Waals surface area contributed by atoms with Crippen LogP contribution in [0.15, 0.2) is 72.8 Å². The van der Waals surface area contributed by atoms with Gasteiger partial charge in [0.05, 0.1) is 27.6 Å². The SMILES string of the molecule is CC(=O)OCc1nnc(-c2ccc(N3CCC(Oc4cc(F)ccc4Cl)CC3)cc2O)s1.COCOc1cc(N2CCC(Oc3cc(F)ccc3Cl)CC2)ccc1C(=O)NNC(=O)CCC(=O)O. The van der Waals surface area contributed by atoms with Crippen LogP contribution in [0.2, 0.25) is 10.0 Å². The molecule has 0 radical (unpaired) electrons. The molecule has 4 N–H and O–H groups in total. The maximum Gasteiger partial charge on any atom is 0.303 e. The predicted molar refractivity (Wildman–Crippen MR) is 248 cm³/mol. The van der Waals surface area contributed by atoms with E-state index in [1.165, 1.54) is 61.8 Å². The number of hydrazine groups is 1. The van der Waals surface area contributed by atoms with E-state index in [9.17, 15) is 33.1 Å². The number of aromatic hydroxyl groups is 1. The molecule has 17 nitrogen and oxygen atoms in total. The van der Waals surface area contributed by atoms with Gasteiger partial charge in [-0.3, -0.25) is 30.0 Å². The molecule has 2 fully saturated rings. The minimum absolute atomic E-state index is 0.0592. The summed E-state index contributed by atoms with van der Waals surface area (Å²) in [6.07, 6.45) is 2.02. The number of ether oxygens (including phenoxy) is 5. The molecule has 2 aliphatic heterocycles. The van der Waals surface area contributed by atoms with E-state index in [0.717, 1.165) is 37.3 Å². The number of halogens is 4. The van der Waals surface area contributed by atoms with E-state index in [1.807, 2.05) is 6.07 Å². The van der Waals surface area contributed by atoms with Gasteiger partial charge in [-0.2, -0.15) is 0 Å². The molecule has 0 unspecified atom stereocenters. The summed E-state index contributed by atoms with van der Waals surface area (Å²) < 4.78 is 54.2. The van der Waals surface area contributed by atoms with E-state index in [4.69, 9.17) is 52.0 Å². The lowest BCUT2D eigenvalue weighted by atomic mass is 10.1. The number of phenolic OH excluding ortho intramolecular Hbond substituents is 1. The van der Waals surface area contributed by atoms with Crippen LogP contribution in [0.25, 0.3) is 10.6 Å². The fraction of sp³-hybridized carbons (Fsp3) is 0.348. The van der Waals surface area contributed by atoms with Crippen LogP contribution >= 0.6 is 34.5 Å². The molecule has 5 aromatic rings. The van der Waals surface area contributed by atoms with Crippen molar-refractivity contribution in [3.05, 3.63) is 105 Å². The average molecular weight is 1000 g/mol. The fourth-order valence-electron chi connectivity index (χ4n) is 7.05. The van der Waals surface area contributed by atoms with Crippen LogP contribution in [0.5, 0.6) is 23.0 Å². The van der Waals surface area contributed by atoms with Crippen LogP contribution in [0.3, 0.4) is 0 Å². The standard InChI is InChI=1S/C24H27ClFN3O7.C22H21ClFN3O4S/c1-34-14-35-20-13-16(3-4-18(20)24(33)28-27-22(30)6-7-23(31)32)29-10-8-17(9-11-29)36-21-12-15(26)2-5-19(21)25;1-13(28)30-12-21-25-26-22(32-21)17-4-3-15(11-19(17)29)27-8-6-16(7-9-27)31-20-10-14(24)2-5-18(20)23/h2-5,12-13,17H,6-11,14H2,1H3,(H,27,30)(H,28,33)(H,31,32);2-5,10-11,16,29H,6-9,12H2,1H3. The molecule has 0 atom stereocenters. The summed E-state index contributed by atoms with van der Waals surface area (Å²) in [5, 5.41) is 29.1. The molecular formula is C46H48Cl2F2N6O11S. The first-order valence-electron chi connectivity index (χ1n) is 21.2. The molecule has 4 aromatic carbocycles. The first kappa shape index (κ1) is 50.9. The number of methoxy groups -OCH3 is 1. The highest BCUT2D eigenvalue weighted by Gasteiger charge is 2.25. The average Bonchev–Trinajstić information content (AvgIpc) is 3.80. The maximum atomic E-state index is 13.5. The summed E-state index contributed by atoms with van der Waals surface area (Å²) in [6, 6.07) is 18.5. The Morgan fingerprint density at radius 2 is 1.34 bits per heavy atom. The number of nitrogens with one attached hydrogen (secondary N) is 2. The summed E-state index contributed by atoms with van der Waals surface area (Å²) in [6.45, 7) is 4.03. The highest BCUT2D eigenvalue weighted by molar-refractivity contribution is 7.14. The molecule has 7 rings (SSSR count). The summed E-state index contributed by atoms with van der Waals surface area (Å²) in [4.78, 5) is 50.1. The molecule has 2 saturated heterocycles. The lowest BCUT2D eigenvalue weighted by Gasteiger charge is -2.34. The second-order valence-corrected chi connectivity index (χ2v) is 17.2. The third-order valence-electron chi connectivity index (χ3n) is 10.5. The number of hydrogen-bond donors (Lipinski definition) is 4. The van der Waals surface area contributed by atoms with Crippen LogP contribution in [-0.4, -0.2) is 96.5 Å². The highest BCUT2D eigenvalue weighted by atomic mass is 35.5. The quantitative estimate of drug-likeness (QED) is 0.0420. The Bertz CT molecular complexity index is 2560. The Labute approximate surface area is 403 Å². The molecule has 1 aromatic heterocycles. The molecule has 0 bridgehead atoms. The summed E-state index contributed by atoms with van der Waals surface area (Å²) in [5.74, 6) is -2.54. The van der Waals surface area contributed by atoms with Crippen LogP contribution in [0.4, 0.5) is 20.2 Å². The van der Waals surface area contributed by atoms with Crippen molar-refractivity contribution in [3.63, 3.8) is 0 Å². The number of esters is 1. The monoisotopic (exact) mass is 1000 g/mol.